The van der Waals surface area contributed by atoms with Gasteiger partial charge in [-0.15, -0.1) is 0 Å². The van der Waals surface area contributed by atoms with Gasteiger partial charge in [0.05, 0.1) is 0 Å². The lowest BCUT2D eigenvalue weighted by Crippen LogP contribution is -2.16. The van der Waals surface area contributed by atoms with Crippen molar-refractivity contribution >= 4 is 11.8 Å². The Morgan fingerprint density at radius 3 is 2.69 bits per heavy atom. The van der Waals surface area contributed by atoms with E-state index in [0.717, 1.165) is 24.1 Å². The number of rotatable bonds is 3. The van der Waals surface area contributed by atoms with Crippen molar-refractivity contribution < 1.29 is 0 Å². The maximum Gasteiger partial charge on any atom is 0.277 e. The van der Waals surface area contributed by atoms with Crippen molar-refractivity contribution in [1.29, 1.82) is 0 Å². The van der Waals surface area contributed by atoms with Gasteiger partial charge in [0.1, 0.15) is 0 Å². The summed E-state index contributed by atoms with van der Waals surface area (Å²) < 4.78 is 0. The van der Waals surface area contributed by atoms with Crippen molar-refractivity contribution in [2.24, 2.45) is 0 Å². The summed E-state index contributed by atoms with van der Waals surface area (Å²) in [5.74, 6) is 0. The number of aryl methyl sites for hydroxylation is 1. The lowest BCUT2D eigenvalue weighted by atomic mass is 10.1. The maximum absolute atomic E-state index is 11.5. The van der Waals surface area contributed by atoms with Crippen LogP contribution in [0.1, 0.15) is 24.6 Å². The minimum Gasteiger partial charge on any atom is -0.338 e. The quantitative estimate of drug-likeness (QED) is 0.594. The first-order chi connectivity index (χ1) is 6.19. The summed E-state index contributed by atoms with van der Waals surface area (Å²) in [6.45, 7) is 3.98. The highest BCUT2D eigenvalue weighted by atomic mass is 32.2. The highest BCUT2D eigenvalue weighted by Crippen LogP contribution is 2.08. The Balaban J connectivity index is 3.15. The van der Waals surface area contributed by atoms with Gasteiger partial charge in [0.25, 0.3) is 5.56 Å². The zero-order valence-corrected chi connectivity index (χ0v) is 8.99. The molecule has 0 amide bonds. The van der Waals surface area contributed by atoms with Gasteiger partial charge in [0, 0.05) is 11.3 Å². The van der Waals surface area contributed by atoms with Gasteiger partial charge in [0.15, 0.2) is 5.16 Å². The Kier molecular flexibility index (Phi) is 3.54. The standard InChI is InChI=1S/C9H14N2OS/c1-4-5-7-6(2)10-9(13-3)11-8(7)12/h4-5H2,1-3H3,(H,10,11,12). The first-order valence-electron chi connectivity index (χ1n) is 4.32. The van der Waals surface area contributed by atoms with Crippen LogP contribution in [0.4, 0.5) is 0 Å². The predicted molar refractivity (Wildman–Crippen MR) is 55.4 cm³/mol. The normalized spacial score (nSPS) is 10.4. The third-order valence-corrected chi connectivity index (χ3v) is 2.48. The van der Waals surface area contributed by atoms with Gasteiger partial charge in [-0.3, -0.25) is 4.79 Å². The zero-order valence-electron chi connectivity index (χ0n) is 8.18. The van der Waals surface area contributed by atoms with E-state index in [1.54, 1.807) is 0 Å². The number of hydrogen-bond acceptors (Lipinski definition) is 3. The van der Waals surface area contributed by atoms with Crippen LogP contribution in [-0.4, -0.2) is 16.2 Å². The van der Waals surface area contributed by atoms with Crippen LogP contribution in [0.15, 0.2) is 9.95 Å². The molecule has 72 valence electrons. The van der Waals surface area contributed by atoms with Crippen molar-refractivity contribution in [3.8, 4) is 0 Å². The number of nitrogens with zero attached hydrogens (tertiary/aromatic N) is 1. The molecule has 0 aromatic carbocycles. The summed E-state index contributed by atoms with van der Waals surface area (Å²) in [7, 11) is 0. The summed E-state index contributed by atoms with van der Waals surface area (Å²) in [4.78, 5) is 18.5. The van der Waals surface area contributed by atoms with E-state index in [0.29, 0.717) is 5.16 Å². The number of aromatic nitrogens is 2. The van der Waals surface area contributed by atoms with Gasteiger partial charge >= 0.3 is 0 Å². The van der Waals surface area contributed by atoms with Crippen LogP contribution in [-0.2, 0) is 6.42 Å². The smallest absolute Gasteiger partial charge is 0.277 e. The van der Waals surface area contributed by atoms with Gasteiger partial charge < -0.3 is 4.98 Å². The third kappa shape index (κ3) is 2.34. The van der Waals surface area contributed by atoms with Gasteiger partial charge in [-0.1, -0.05) is 25.1 Å². The average Bonchev–Trinajstić information content (AvgIpc) is 2.11. The van der Waals surface area contributed by atoms with Crippen LogP contribution in [0.5, 0.6) is 0 Å². The fraction of sp³-hybridized carbons (Fsp3) is 0.556. The molecule has 0 spiro atoms. The third-order valence-electron chi connectivity index (χ3n) is 1.90. The molecule has 13 heavy (non-hydrogen) atoms. The topological polar surface area (TPSA) is 45.8 Å². The first-order valence-corrected chi connectivity index (χ1v) is 5.55. The molecule has 1 aromatic rings. The molecule has 1 rings (SSSR count). The van der Waals surface area contributed by atoms with Crippen molar-refractivity contribution in [2.45, 2.75) is 31.8 Å². The molecule has 1 aromatic heterocycles. The van der Waals surface area contributed by atoms with E-state index in [-0.39, 0.29) is 5.56 Å². The molecule has 0 fully saturated rings. The Morgan fingerprint density at radius 1 is 1.54 bits per heavy atom. The van der Waals surface area contributed by atoms with Gasteiger partial charge in [-0.05, 0) is 19.6 Å². The Hall–Kier alpha value is -0.770. The molecule has 0 aliphatic rings. The molecule has 1 N–H and O–H groups in total. The maximum atomic E-state index is 11.5. The molecule has 0 atom stereocenters. The van der Waals surface area contributed by atoms with E-state index in [4.69, 9.17) is 0 Å². The molecule has 0 aliphatic heterocycles. The molecule has 0 aliphatic carbocycles. The second-order valence-electron chi connectivity index (χ2n) is 2.90. The summed E-state index contributed by atoms with van der Waals surface area (Å²) in [6, 6.07) is 0. The van der Waals surface area contributed by atoms with Gasteiger partial charge in [-0.2, -0.15) is 4.98 Å². The largest absolute Gasteiger partial charge is 0.338 e. The van der Waals surface area contributed by atoms with Crippen LogP contribution >= 0.6 is 11.8 Å². The van der Waals surface area contributed by atoms with E-state index in [1.807, 2.05) is 13.2 Å². The lowest BCUT2D eigenvalue weighted by Gasteiger charge is -2.04. The predicted octanol–water partition coefficient (Wildman–Crippen LogP) is 1.75. The van der Waals surface area contributed by atoms with Gasteiger partial charge in [-0.25, -0.2) is 0 Å². The molecule has 0 radical (unpaired) electrons. The Labute approximate surface area is 82.0 Å². The van der Waals surface area contributed by atoms with Crippen molar-refractivity contribution in [3.05, 3.63) is 21.6 Å². The van der Waals surface area contributed by atoms with Crippen LogP contribution in [0.25, 0.3) is 0 Å². The van der Waals surface area contributed by atoms with Crippen molar-refractivity contribution in [2.75, 3.05) is 6.26 Å². The summed E-state index contributed by atoms with van der Waals surface area (Å²) in [5.41, 5.74) is 1.69. The zero-order chi connectivity index (χ0) is 9.84. The summed E-state index contributed by atoms with van der Waals surface area (Å²) >= 11 is 1.46. The average molecular weight is 198 g/mol. The van der Waals surface area contributed by atoms with Crippen molar-refractivity contribution in [3.63, 3.8) is 0 Å². The number of thioether (sulfide) groups is 1. The lowest BCUT2D eigenvalue weighted by molar-refractivity contribution is 0.819. The minimum absolute atomic E-state index is 0.0811. The fourth-order valence-corrected chi connectivity index (χ4v) is 1.65. The van der Waals surface area contributed by atoms with Gasteiger partial charge in [0.2, 0.25) is 0 Å². The molecule has 0 saturated heterocycles. The summed E-state index contributed by atoms with van der Waals surface area (Å²) in [5, 5.41) is 0.697. The molecule has 3 nitrogen and oxygen atoms in total. The number of H-pyrrole nitrogens is 1. The SMILES string of the molecule is CCCc1c(C)[nH]c(SC)nc1=O. The molecule has 0 bridgehead atoms. The second kappa shape index (κ2) is 4.46. The van der Waals surface area contributed by atoms with E-state index in [9.17, 15) is 4.79 Å². The summed E-state index contributed by atoms with van der Waals surface area (Å²) in [6.07, 6.45) is 3.68. The highest BCUT2D eigenvalue weighted by molar-refractivity contribution is 7.98. The first kappa shape index (κ1) is 10.3. The molecular weight excluding hydrogens is 184 g/mol. The molecule has 0 unspecified atom stereocenters. The Morgan fingerprint density at radius 2 is 2.23 bits per heavy atom. The van der Waals surface area contributed by atoms with Crippen molar-refractivity contribution in [1.82, 2.24) is 9.97 Å². The molecular formula is C9H14N2OS. The van der Waals surface area contributed by atoms with E-state index < -0.39 is 0 Å². The number of nitrogens with one attached hydrogen (secondary N) is 1. The highest BCUT2D eigenvalue weighted by Gasteiger charge is 2.05. The van der Waals surface area contributed by atoms with Crippen LogP contribution in [0.3, 0.4) is 0 Å². The van der Waals surface area contributed by atoms with Crippen LogP contribution in [0, 0.1) is 6.92 Å². The Bertz CT molecular complexity index is 346. The van der Waals surface area contributed by atoms with E-state index in [1.165, 1.54) is 11.8 Å². The monoisotopic (exact) mass is 198 g/mol. The fourth-order valence-electron chi connectivity index (χ4n) is 1.23. The molecule has 4 heteroatoms. The number of hydrogen-bond donors (Lipinski definition) is 1. The molecule has 0 saturated carbocycles. The van der Waals surface area contributed by atoms with E-state index in [2.05, 4.69) is 16.9 Å². The van der Waals surface area contributed by atoms with Crippen LogP contribution < -0.4 is 5.56 Å². The molecule has 1 heterocycles. The van der Waals surface area contributed by atoms with E-state index >= 15 is 0 Å². The second-order valence-corrected chi connectivity index (χ2v) is 3.70. The minimum atomic E-state index is -0.0811. The number of aromatic amines is 1. The van der Waals surface area contributed by atoms with Crippen LogP contribution in [0.2, 0.25) is 0 Å².